The van der Waals surface area contributed by atoms with Gasteiger partial charge >= 0.3 is 18.2 Å². The Hall–Kier alpha value is -2.52. The third-order valence-electron chi connectivity index (χ3n) is 2.99. The van der Waals surface area contributed by atoms with Crippen LogP contribution in [0.5, 0.6) is 0 Å². The van der Waals surface area contributed by atoms with Gasteiger partial charge in [-0.3, -0.25) is 14.5 Å². The van der Waals surface area contributed by atoms with E-state index in [1.165, 1.54) is 0 Å². The lowest BCUT2D eigenvalue weighted by atomic mass is 10.1. The number of amides is 3. The number of nitrogens with zero attached hydrogens (tertiary/aromatic N) is 1. The summed E-state index contributed by atoms with van der Waals surface area (Å²) in [4.78, 5) is 47.8. The Morgan fingerprint density at radius 1 is 1.04 bits per heavy atom. The van der Waals surface area contributed by atoms with Crippen LogP contribution in [0.1, 0.15) is 54.4 Å². The first-order valence-electron chi connectivity index (χ1n) is 8.60. The molecule has 27 heavy (non-hydrogen) atoms. The number of carboxylic acid groups (broad SMARTS) is 1. The van der Waals surface area contributed by atoms with Gasteiger partial charge in [-0.1, -0.05) is 0 Å². The molecule has 3 amide bonds. The van der Waals surface area contributed by atoms with Crippen molar-refractivity contribution in [2.75, 3.05) is 13.1 Å². The third kappa shape index (κ3) is 11.7. The first kappa shape index (κ1) is 24.5. The van der Waals surface area contributed by atoms with Crippen molar-refractivity contribution in [3.8, 4) is 0 Å². The lowest BCUT2D eigenvalue weighted by Crippen LogP contribution is -2.52. The Kier molecular flexibility index (Phi) is 9.05. The molecule has 4 N–H and O–H groups in total. The van der Waals surface area contributed by atoms with Crippen molar-refractivity contribution >= 4 is 24.1 Å². The molecule has 0 aliphatic rings. The Morgan fingerprint density at radius 3 is 1.96 bits per heavy atom. The third-order valence-corrected chi connectivity index (χ3v) is 2.99. The van der Waals surface area contributed by atoms with Crippen molar-refractivity contribution < 1.29 is 33.8 Å². The maximum absolute atomic E-state index is 12.5. The van der Waals surface area contributed by atoms with Crippen LogP contribution in [0.3, 0.4) is 0 Å². The molecule has 0 fully saturated rings. The predicted molar refractivity (Wildman–Crippen MR) is 97.0 cm³/mol. The zero-order chi connectivity index (χ0) is 21.4. The Morgan fingerprint density at radius 2 is 1.56 bits per heavy atom. The number of nitrogens with two attached hydrogens (primary N) is 1. The molecule has 0 spiro atoms. The van der Waals surface area contributed by atoms with Crippen molar-refractivity contribution in [3.05, 3.63) is 0 Å². The van der Waals surface area contributed by atoms with E-state index in [0.717, 1.165) is 4.90 Å². The highest BCUT2D eigenvalue weighted by atomic mass is 16.6. The van der Waals surface area contributed by atoms with Gasteiger partial charge < -0.3 is 25.6 Å². The smallest absolute Gasteiger partial charge is 0.411 e. The number of nitrogens with one attached hydrogen (secondary N) is 1. The average Bonchev–Trinajstić information content (AvgIpc) is 2.40. The molecule has 0 radical (unpaired) electrons. The number of aliphatic carboxylic acids is 1. The van der Waals surface area contributed by atoms with Gasteiger partial charge in [-0.05, 0) is 48.0 Å². The maximum Gasteiger partial charge on any atom is 0.411 e. The number of carboxylic acids is 1. The van der Waals surface area contributed by atoms with E-state index in [2.05, 4.69) is 5.32 Å². The number of carbonyl (C=O) groups excluding carboxylic acids is 3. The normalized spacial score (nSPS) is 12.7. The molecule has 0 saturated carbocycles. The van der Waals surface area contributed by atoms with E-state index in [9.17, 15) is 19.2 Å². The minimum absolute atomic E-state index is 0.0367. The van der Waals surface area contributed by atoms with Crippen LogP contribution in [-0.2, 0) is 19.1 Å². The molecule has 156 valence electrons. The molecule has 0 unspecified atom stereocenters. The molecule has 0 aliphatic heterocycles. The zero-order valence-electron chi connectivity index (χ0n) is 16.8. The highest BCUT2D eigenvalue weighted by Crippen LogP contribution is 2.15. The van der Waals surface area contributed by atoms with Gasteiger partial charge in [-0.15, -0.1) is 0 Å². The maximum atomic E-state index is 12.5. The van der Waals surface area contributed by atoms with E-state index >= 15 is 0 Å². The van der Waals surface area contributed by atoms with Gasteiger partial charge in [0, 0.05) is 19.5 Å². The molecule has 0 bridgehead atoms. The molecule has 10 heteroatoms. The van der Waals surface area contributed by atoms with Crippen molar-refractivity contribution in [1.82, 2.24) is 10.2 Å². The summed E-state index contributed by atoms with van der Waals surface area (Å²) in [5.74, 6) is -1.99. The van der Waals surface area contributed by atoms with Crippen LogP contribution < -0.4 is 11.1 Å². The standard InChI is InChI=1S/C17H31N3O7/c1-16(2,3)26-14(24)19-9-10-20(15(25)27-17(4,5)6)11(13(18)23)7-8-12(21)22/h11H,7-10H2,1-6H3,(H2,18,23)(H,19,24)(H,21,22)/t11-/m1/s1. The number of rotatable bonds is 8. The highest BCUT2D eigenvalue weighted by Gasteiger charge is 2.32. The van der Waals surface area contributed by atoms with Crippen LogP contribution >= 0.6 is 0 Å². The number of hydrogen-bond acceptors (Lipinski definition) is 6. The van der Waals surface area contributed by atoms with Crippen molar-refractivity contribution in [2.45, 2.75) is 71.6 Å². The van der Waals surface area contributed by atoms with E-state index in [1.807, 2.05) is 0 Å². The largest absolute Gasteiger partial charge is 0.481 e. The average molecular weight is 389 g/mol. The fourth-order valence-electron chi connectivity index (χ4n) is 2.00. The van der Waals surface area contributed by atoms with E-state index < -0.39 is 41.3 Å². The minimum atomic E-state index is -1.18. The van der Waals surface area contributed by atoms with Crippen molar-refractivity contribution in [1.29, 1.82) is 0 Å². The zero-order valence-corrected chi connectivity index (χ0v) is 16.8. The molecule has 1 atom stereocenters. The lowest BCUT2D eigenvalue weighted by Gasteiger charge is -2.32. The van der Waals surface area contributed by atoms with Crippen LogP contribution in [0.4, 0.5) is 9.59 Å². The van der Waals surface area contributed by atoms with E-state index in [1.54, 1.807) is 41.5 Å². The Labute approximate surface area is 159 Å². The number of primary amides is 1. The molecule has 0 aromatic heterocycles. The van der Waals surface area contributed by atoms with E-state index in [4.69, 9.17) is 20.3 Å². The van der Waals surface area contributed by atoms with Gasteiger partial charge in [0.15, 0.2) is 0 Å². The summed E-state index contributed by atoms with van der Waals surface area (Å²) in [6.07, 6.45) is -2.04. The summed E-state index contributed by atoms with van der Waals surface area (Å²) >= 11 is 0. The topological polar surface area (TPSA) is 148 Å². The molecular weight excluding hydrogens is 358 g/mol. The first-order valence-corrected chi connectivity index (χ1v) is 8.60. The number of ether oxygens (including phenoxy) is 2. The molecule has 0 aliphatic carbocycles. The summed E-state index contributed by atoms with van der Waals surface area (Å²) in [7, 11) is 0. The van der Waals surface area contributed by atoms with Crippen LogP contribution in [0, 0.1) is 0 Å². The van der Waals surface area contributed by atoms with Gasteiger partial charge in [-0.25, -0.2) is 9.59 Å². The molecule has 0 heterocycles. The van der Waals surface area contributed by atoms with Gasteiger partial charge in [0.1, 0.15) is 17.2 Å². The van der Waals surface area contributed by atoms with Gasteiger partial charge in [-0.2, -0.15) is 0 Å². The molecule has 0 saturated heterocycles. The predicted octanol–water partition coefficient (Wildman–Crippen LogP) is 1.47. The number of hydrogen-bond donors (Lipinski definition) is 3. The fourth-order valence-corrected chi connectivity index (χ4v) is 2.00. The molecule has 0 rings (SSSR count). The van der Waals surface area contributed by atoms with Gasteiger partial charge in [0.2, 0.25) is 5.91 Å². The summed E-state index contributed by atoms with van der Waals surface area (Å²) in [5.41, 5.74) is 3.83. The van der Waals surface area contributed by atoms with E-state index in [-0.39, 0.29) is 25.9 Å². The molecule has 0 aromatic carbocycles. The lowest BCUT2D eigenvalue weighted by molar-refractivity contribution is -0.137. The summed E-state index contributed by atoms with van der Waals surface area (Å²) < 4.78 is 10.4. The highest BCUT2D eigenvalue weighted by molar-refractivity contribution is 5.85. The second kappa shape index (κ2) is 9.98. The Bertz CT molecular complexity index is 550. The second-order valence-electron chi connectivity index (χ2n) is 7.95. The molecular formula is C17H31N3O7. The second-order valence-corrected chi connectivity index (χ2v) is 7.95. The number of alkyl carbamates (subject to hydrolysis) is 1. The Balaban J connectivity index is 5.16. The quantitative estimate of drug-likeness (QED) is 0.569. The van der Waals surface area contributed by atoms with Crippen LogP contribution in [0.15, 0.2) is 0 Å². The van der Waals surface area contributed by atoms with Crippen molar-refractivity contribution in [3.63, 3.8) is 0 Å². The van der Waals surface area contributed by atoms with Crippen LogP contribution in [0.2, 0.25) is 0 Å². The van der Waals surface area contributed by atoms with Gasteiger partial charge in [0.05, 0.1) is 0 Å². The monoisotopic (exact) mass is 389 g/mol. The summed E-state index contributed by atoms with van der Waals surface area (Å²) in [6, 6.07) is -1.18. The van der Waals surface area contributed by atoms with Crippen LogP contribution in [-0.4, -0.2) is 64.4 Å². The fraction of sp³-hybridized carbons (Fsp3) is 0.765. The molecule has 0 aromatic rings. The summed E-state index contributed by atoms with van der Waals surface area (Å²) in [6.45, 7) is 9.92. The van der Waals surface area contributed by atoms with E-state index in [0.29, 0.717) is 0 Å². The summed E-state index contributed by atoms with van der Waals surface area (Å²) in [5, 5.41) is 11.3. The molecule has 10 nitrogen and oxygen atoms in total. The van der Waals surface area contributed by atoms with Crippen molar-refractivity contribution in [2.24, 2.45) is 5.73 Å². The minimum Gasteiger partial charge on any atom is -0.481 e. The first-order chi connectivity index (χ1) is 12.1. The van der Waals surface area contributed by atoms with Crippen LogP contribution in [0.25, 0.3) is 0 Å². The number of carbonyl (C=O) groups is 4. The van der Waals surface area contributed by atoms with Gasteiger partial charge in [0.25, 0.3) is 0 Å². The SMILES string of the molecule is CC(C)(C)OC(=O)NCCN(C(=O)OC(C)(C)C)[C@H](CCC(=O)O)C(N)=O.